The molecule has 0 amide bonds. The monoisotopic (exact) mass is 864 g/mol. The number of benzene rings is 5. The number of rotatable bonds is 2. The van der Waals surface area contributed by atoms with Gasteiger partial charge in [-0.05, 0) is 39.4 Å². The summed E-state index contributed by atoms with van der Waals surface area (Å²) in [4.78, 5) is 0. The van der Waals surface area contributed by atoms with Gasteiger partial charge in [-0.2, -0.15) is 35.9 Å². The summed E-state index contributed by atoms with van der Waals surface area (Å²) in [5.74, 6) is 0. The molecule has 0 N–H and O–H groups in total. The van der Waals surface area contributed by atoms with Gasteiger partial charge in [-0.3, -0.25) is 0 Å². The summed E-state index contributed by atoms with van der Waals surface area (Å²) >= 11 is 7.37. The van der Waals surface area contributed by atoms with E-state index in [9.17, 15) is 0 Å². The van der Waals surface area contributed by atoms with Gasteiger partial charge in [0.1, 0.15) is 0 Å². The van der Waals surface area contributed by atoms with Gasteiger partial charge in [-0.25, -0.2) is 12.1 Å². The molecular weight excluding hydrogens is 810 g/mol. The Bertz CT molecular complexity index is 2090. The molecule has 0 saturated carbocycles. The van der Waals surface area contributed by atoms with Crippen LogP contribution in [0.15, 0.2) is 115 Å². The summed E-state index contributed by atoms with van der Waals surface area (Å²) < 4.78 is 1.36. The Kier molecular flexibility index (Phi) is 15.5. The third-order valence-corrected chi connectivity index (χ3v) is 11.6. The van der Waals surface area contributed by atoms with Crippen molar-refractivity contribution >= 4 is 25.6 Å². The third-order valence-electron chi connectivity index (χ3n) is 9.98. The van der Waals surface area contributed by atoms with Crippen LogP contribution < -0.4 is 24.8 Å². The van der Waals surface area contributed by atoms with Crippen LogP contribution in [0.2, 0.25) is 5.02 Å². The quantitative estimate of drug-likeness (QED) is 0.154. The number of hydrogen-bond donors (Lipinski definition) is 0. The zero-order chi connectivity index (χ0) is 38.9. The van der Waals surface area contributed by atoms with Crippen LogP contribution in [0.3, 0.4) is 0 Å². The minimum Gasteiger partial charge on any atom is -1.00 e. The zero-order valence-electron chi connectivity index (χ0n) is 34.8. The van der Waals surface area contributed by atoms with Gasteiger partial charge >= 0.3 is 133 Å². The van der Waals surface area contributed by atoms with Gasteiger partial charge in [0, 0.05) is 0 Å². The molecule has 0 aromatic heterocycles. The van der Waals surface area contributed by atoms with Crippen LogP contribution in [-0.2, 0) is 52.3 Å². The van der Waals surface area contributed by atoms with Gasteiger partial charge in [-0.1, -0.05) is 106 Å². The molecule has 0 radical (unpaired) electrons. The second-order valence-corrected chi connectivity index (χ2v) is 20.2. The molecule has 6 aromatic carbocycles. The van der Waals surface area contributed by atoms with Crippen molar-refractivity contribution in [1.29, 1.82) is 0 Å². The van der Waals surface area contributed by atoms with Crippen molar-refractivity contribution in [3.8, 4) is 11.1 Å². The Morgan fingerprint density at radius 3 is 1.65 bits per heavy atom. The topological polar surface area (TPSA) is 0 Å². The fourth-order valence-corrected chi connectivity index (χ4v) is 8.23. The van der Waals surface area contributed by atoms with Crippen LogP contribution >= 0.6 is 11.6 Å². The fourth-order valence-electron chi connectivity index (χ4n) is 7.16. The predicted octanol–water partition coefficient (Wildman–Crippen LogP) is 8.27. The molecular formula is C51H57Cl3Zr-2. The molecule has 0 spiro atoms. The van der Waals surface area contributed by atoms with Crippen LogP contribution in [0.1, 0.15) is 128 Å². The minimum absolute atomic E-state index is 0. The van der Waals surface area contributed by atoms with Crippen LogP contribution in [0.25, 0.3) is 21.9 Å². The normalized spacial score (nSPS) is 12.2. The maximum Gasteiger partial charge on any atom is -0.172 e. The van der Waals surface area contributed by atoms with Gasteiger partial charge in [0.15, 0.2) is 0 Å². The van der Waals surface area contributed by atoms with Gasteiger partial charge < -0.3 is 24.8 Å². The van der Waals surface area contributed by atoms with E-state index in [0.717, 1.165) is 11.4 Å². The molecule has 6 aromatic rings. The fraction of sp³-hybridized carbons (Fsp3) is 0.333. The first-order chi connectivity index (χ1) is 24.7. The van der Waals surface area contributed by atoms with Crippen molar-refractivity contribution < 1.29 is 49.0 Å². The number of halogens is 3. The van der Waals surface area contributed by atoms with E-state index in [2.05, 4.69) is 162 Å². The van der Waals surface area contributed by atoms with Gasteiger partial charge in [-0.15, -0.1) is 16.7 Å². The van der Waals surface area contributed by atoms with Crippen LogP contribution in [0.4, 0.5) is 0 Å². The Morgan fingerprint density at radius 1 is 0.600 bits per heavy atom. The predicted molar refractivity (Wildman–Crippen MR) is 229 cm³/mol. The molecule has 288 valence electrons. The molecule has 0 unspecified atom stereocenters. The van der Waals surface area contributed by atoms with E-state index in [1.807, 2.05) is 42.5 Å². The second kappa shape index (κ2) is 18.3. The van der Waals surface area contributed by atoms with E-state index in [-0.39, 0.29) is 46.5 Å². The Hall–Kier alpha value is -2.67. The first-order valence-corrected chi connectivity index (χ1v) is 20.5. The molecule has 7 rings (SSSR count). The average molecular weight is 868 g/mol. The molecule has 0 saturated heterocycles. The molecule has 0 aliphatic heterocycles. The Morgan fingerprint density at radius 2 is 1.13 bits per heavy atom. The molecule has 0 heterocycles. The number of hydrogen-bond acceptors (Lipinski definition) is 0. The molecule has 0 atom stereocenters. The average Bonchev–Trinajstić information content (AvgIpc) is 3.78. The third kappa shape index (κ3) is 11.3. The first-order valence-electron chi connectivity index (χ1n) is 18.9. The minimum atomic E-state index is 0. The maximum atomic E-state index is 5.96. The SMILES string of the molecule is CC(C)(C)c1[c-]c2c(cc1C(C)(C)C)-c1cc(C(C)(C)C)c(C(C)(C)C)cc1C2.Clc1ccc([C](=[Zr+2])c2cccc3ccccc23)cc1.[Cl-].[Cl-].c1cc[cH-]c1. The standard InChI is InChI=1S/C29H41.C17H11Cl.C5H5.2ClH.Zr/c1-26(2,3)22-14-18-13-19-15-23(27(4,5)6)25(29(10,11)12)17-21(19)20(18)16-24(22)28(7,8)9;18-16-10-8-13(9-11-16)12-15-6-3-5-14-4-1-2-7-17(14)15;1-2-4-5-3-1;;;/h14,16-17H,13H2,1-12H3;1-11H;1-5H;2*1H;/q-1;;-1;;;+2/p-2. The number of fused-ring (bicyclic) bond motifs is 4. The second-order valence-electron chi connectivity index (χ2n) is 18.6. The van der Waals surface area contributed by atoms with Crippen LogP contribution in [0, 0.1) is 6.07 Å². The van der Waals surface area contributed by atoms with Crippen molar-refractivity contribution in [2.75, 3.05) is 0 Å². The van der Waals surface area contributed by atoms with Crippen molar-refractivity contribution in [1.82, 2.24) is 0 Å². The van der Waals surface area contributed by atoms with E-state index in [1.165, 1.54) is 93.8 Å². The summed E-state index contributed by atoms with van der Waals surface area (Å²) in [5.41, 5.74) is 14.5. The van der Waals surface area contributed by atoms with Crippen molar-refractivity contribution in [3.63, 3.8) is 0 Å². The van der Waals surface area contributed by atoms with Crippen molar-refractivity contribution in [3.05, 3.63) is 171 Å². The van der Waals surface area contributed by atoms with E-state index in [4.69, 9.17) is 11.6 Å². The van der Waals surface area contributed by atoms with E-state index >= 15 is 0 Å². The summed E-state index contributed by atoms with van der Waals surface area (Å²) in [6.45, 7) is 28.0. The zero-order valence-corrected chi connectivity index (χ0v) is 39.5. The molecule has 1 aliphatic carbocycles. The van der Waals surface area contributed by atoms with Gasteiger partial charge in [0.05, 0.1) is 0 Å². The van der Waals surface area contributed by atoms with Gasteiger partial charge in [0.2, 0.25) is 0 Å². The summed E-state index contributed by atoms with van der Waals surface area (Å²) in [5, 5.41) is 3.38. The molecule has 1 aliphatic rings. The Labute approximate surface area is 365 Å². The largest absolute Gasteiger partial charge is 1.00 e. The molecule has 0 nitrogen and oxygen atoms in total. The first kappa shape index (κ1) is 46.7. The van der Waals surface area contributed by atoms with Gasteiger partial charge in [0.25, 0.3) is 0 Å². The summed E-state index contributed by atoms with van der Waals surface area (Å²) in [6, 6.07) is 44.5. The molecule has 55 heavy (non-hydrogen) atoms. The molecule has 4 heteroatoms. The Balaban J connectivity index is 0.000000267. The van der Waals surface area contributed by atoms with E-state index in [1.54, 1.807) is 0 Å². The van der Waals surface area contributed by atoms with E-state index < -0.39 is 0 Å². The maximum absolute atomic E-state index is 5.96. The summed E-state index contributed by atoms with van der Waals surface area (Å²) in [6.07, 6.45) is 1.01. The smallest absolute Gasteiger partial charge is 0.172 e. The van der Waals surface area contributed by atoms with Crippen LogP contribution in [0.5, 0.6) is 0 Å². The molecule has 0 fully saturated rings. The van der Waals surface area contributed by atoms with Crippen LogP contribution in [-0.4, -0.2) is 3.21 Å². The summed E-state index contributed by atoms with van der Waals surface area (Å²) in [7, 11) is 0. The van der Waals surface area contributed by atoms with Crippen molar-refractivity contribution in [2.24, 2.45) is 0 Å². The van der Waals surface area contributed by atoms with Crippen molar-refractivity contribution in [2.45, 2.75) is 111 Å². The molecule has 0 bridgehead atoms. The van der Waals surface area contributed by atoms with E-state index in [0.29, 0.717) is 0 Å².